The fraction of sp³-hybridized carbons (Fsp3) is 0.462. The first-order valence-corrected chi connectivity index (χ1v) is 6.59. The highest BCUT2D eigenvalue weighted by Gasteiger charge is 2.10. The second-order valence-corrected chi connectivity index (χ2v) is 5.16. The number of halogens is 2. The predicted octanol–water partition coefficient (Wildman–Crippen LogP) is 0.634. The summed E-state index contributed by atoms with van der Waals surface area (Å²) in [6.07, 6.45) is 0. The highest BCUT2D eigenvalue weighted by Crippen LogP contribution is 2.15. The summed E-state index contributed by atoms with van der Waals surface area (Å²) in [5.41, 5.74) is 0.654. The molecule has 1 atom stereocenters. The van der Waals surface area contributed by atoms with Crippen molar-refractivity contribution in [2.75, 3.05) is 27.2 Å². The fourth-order valence-electron chi connectivity index (χ4n) is 1.54. The second-order valence-electron chi connectivity index (χ2n) is 4.75. The normalized spacial score (nSPS) is 12.3. The Hall–Kier alpha value is -1.27. The molecule has 3 nitrogen and oxygen atoms in total. The topological polar surface area (TPSA) is 28.5 Å². The van der Waals surface area contributed by atoms with Crippen LogP contribution in [-0.4, -0.2) is 32.3 Å². The molecule has 0 unspecified atom stereocenters. The van der Waals surface area contributed by atoms with E-state index in [4.69, 9.17) is 12.2 Å². The summed E-state index contributed by atoms with van der Waals surface area (Å²) in [6.45, 7) is 3.55. The molecule has 6 heteroatoms. The molecule has 0 saturated heterocycles. The fourth-order valence-corrected chi connectivity index (χ4v) is 1.82. The van der Waals surface area contributed by atoms with Crippen LogP contribution in [0.3, 0.4) is 0 Å². The second kappa shape index (κ2) is 7.35. The van der Waals surface area contributed by atoms with Crippen LogP contribution in [0.25, 0.3) is 0 Å². The van der Waals surface area contributed by atoms with E-state index in [-0.39, 0.29) is 6.04 Å². The number of likely N-dealkylation sites (N-methyl/N-ethyl adjacent to an activating group) is 1. The summed E-state index contributed by atoms with van der Waals surface area (Å²) in [6, 6.07) is 3.67. The molecular formula is C13H20F2N3S+. The SMILES string of the molecule is C[C@H](NC(=S)NCC[NH+](C)C)c1ccc(F)c(F)c1. The molecule has 1 aromatic carbocycles. The van der Waals surface area contributed by atoms with Crippen LogP contribution < -0.4 is 15.5 Å². The van der Waals surface area contributed by atoms with Gasteiger partial charge in [0.05, 0.1) is 33.2 Å². The van der Waals surface area contributed by atoms with Crippen molar-refractivity contribution >= 4 is 17.3 Å². The lowest BCUT2D eigenvalue weighted by molar-refractivity contribution is -0.856. The number of rotatable bonds is 5. The molecule has 0 heterocycles. The van der Waals surface area contributed by atoms with Gasteiger partial charge in [-0.15, -0.1) is 0 Å². The van der Waals surface area contributed by atoms with Crippen LogP contribution in [0, 0.1) is 11.6 Å². The van der Waals surface area contributed by atoms with Gasteiger partial charge in [0.2, 0.25) is 0 Å². The Kier molecular flexibility index (Phi) is 6.11. The maximum Gasteiger partial charge on any atom is 0.166 e. The van der Waals surface area contributed by atoms with Gasteiger partial charge in [-0.1, -0.05) is 6.07 Å². The number of quaternary nitrogens is 1. The van der Waals surface area contributed by atoms with Crippen molar-refractivity contribution in [1.29, 1.82) is 0 Å². The average molecular weight is 288 g/mol. The summed E-state index contributed by atoms with van der Waals surface area (Å²) >= 11 is 5.14. The third kappa shape index (κ3) is 5.48. The van der Waals surface area contributed by atoms with E-state index < -0.39 is 11.6 Å². The van der Waals surface area contributed by atoms with E-state index in [1.54, 1.807) is 6.07 Å². The summed E-state index contributed by atoms with van der Waals surface area (Å²) in [7, 11) is 4.12. The van der Waals surface area contributed by atoms with Gasteiger partial charge in [0.25, 0.3) is 0 Å². The van der Waals surface area contributed by atoms with E-state index in [1.165, 1.54) is 11.0 Å². The lowest BCUT2D eigenvalue weighted by Crippen LogP contribution is -3.06. The zero-order chi connectivity index (χ0) is 14.4. The molecule has 1 aromatic rings. The molecule has 0 aromatic heterocycles. The van der Waals surface area contributed by atoms with Gasteiger partial charge in [0, 0.05) is 0 Å². The summed E-state index contributed by atoms with van der Waals surface area (Å²) in [4.78, 5) is 1.32. The Morgan fingerprint density at radius 1 is 1.32 bits per heavy atom. The molecule has 0 aliphatic heterocycles. The Labute approximate surface area is 118 Å². The van der Waals surface area contributed by atoms with Crippen LogP contribution in [-0.2, 0) is 0 Å². The van der Waals surface area contributed by atoms with Gasteiger partial charge in [-0.3, -0.25) is 0 Å². The maximum atomic E-state index is 13.1. The number of thiocarbonyl (C=S) groups is 1. The first kappa shape index (κ1) is 15.8. The van der Waals surface area contributed by atoms with Crippen molar-refractivity contribution in [3.8, 4) is 0 Å². The largest absolute Gasteiger partial charge is 0.357 e. The van der Waals surface area contributed by atoms with Gasteiger partial charge >= 0.3 is 0 Å². The van der Waals surface area contributed by atoms with Crippen LogP contribution >= 0.6 is 12.2 Å². The van der Waals surface area contributed by atoms with Crippen LogP contribution in [0.15, 0.2) is 18.2 Å². The summed E-state index contributed by atoms with van der Waals surface area (Å²) in [5, 5.41) is 6.62. The molecule has 0 radical (unpaired) electrons. The third-order valence-corrected chi connectivity index (χ3v) is 2.96. The molecule has 0 aliphatic carbocycles. The molecule has 3 N–H and O–H groups in total. The standard InChI is InChI=1S/C13H19F2N3S/c1-9(10-4-5-11(14)12(15)8-10)17-13(19)16-6-7-18(2)3/h4-5,8-9H,6-7H2,1-3H3,(H2,16,17,19)/p+1/t9-/m0/s1. The van der Waals surface area contributed by atoms with Gasteiger partial charge in [-0.2, -0.15) is 0 Å². The third-order valence-electron chi connectivity index (χ3n) is 2.70. The molecule has 0 bridgehead atoms. The van der Waals surface area contributed by atoms with Crippen molar-refractivity contribution in [2.45, 2.75) is 13.0 Å². The average Bonchev–Trinajstić information content (AvgIpc) is 2.32. The highest BCUT2D eigenvalue weighted by atomic mass is 32.1. The van der Waals surface area contributed by atoms with E-state index in [9.17, 15) is 8.78 Å². The minimum absolute atomic E-state index is 0.179. The van der Waals surface area contributed by atoms with Crippen molar-refractivity contribution < 1.29 is 13.7 Å². The van der Waals surface area contributed by atoms with Crippen molar-refractivity contribution in [3.63, 3.8) is 0 Å². The Balaban J connectivity index is 2.47. The smallest absolute Gasteiger partial charge is 0.166 e. The number of nitrogens with one attached hydrogen (secondary N) is 3. The molecule has 0 aliphatic rings. The van der Waals surface area contributed by atoms with Gasteiger partial charge in [0.15, 0.2) is 16.7 Å². The molecule has 0 spiro atoms. The van der Waals surface area contributed by atoms with Crippen LogP contribution in [0.4, 0.5) is 8.78 Å². The maximum absolute atomic E-state index is 13.1. The number of benzene rings is 1. The monoisotopic (exact) mass is 288 g/mol. The minimum atomic E-state index is -0.846. The molecule has 0 fully saturated rings. The Bertz CT molecular complexity index is 438. The van der Waals surface area contributed by atoms with E-state index in [0.717, 1.165) is 19.2 Å². The van der Waals surface area contributed by atoms with Gasteiger partial charge in [-0.05, 0) is 36.8 Å². The van der Waals surface area contributed by atoms with E-state index in [1.807, 2.05) is 6.92 Å². The zero-order valence-electron chi connectivity index (χ0n) is 11.4. The van der Waals surface area contributed by atoms with E-state index in [2.05, 4.69) is 24.7 Å². The van der Waals surface area contributed by atoms with E-state index in [0.29, 0.717) is 10.7 Å². The minimum Gasteiger partial charge on any atom is -0.357 e. The molecule has 106 valence electrons. The van der Waals surface area contributed by atoms with Gasteiger partial charge in [-0.25, -0.2) is 8.78 Å². The molecular weight excluding hydrogens is 268 g/mol. The van der Waals surface area contributed by atoms with Crippen molar-refractivity contribution in [2.24, 2.45) is 0 Å². The quantitative estimate of drug-likeness (QED) is 0.694. The molecule has 0 saturated carbocycles. The highest BCUT2D eigenvalue weighted by molar-refractivity contribution is 7.80. The first-order chi connectivity index (χ1) is 8.90. The predicted molar refractivity (Wildman–Crippen MR) is 76.2 cm³/mol. The molecule has 1 rings (SSSR count). The summed E-state index contributed by atoms with van der Waals surface area (Å²) < 4.78 is 25.9. The van der Waals surface area contributed by atoms with Gasteiger partial charge < -0.3 is 15.5 Å². The lowest BCUT2D eigenvalue weighted by Gasteiger charge is -2.18. The van der Waals surface area contributed by atoms with Crippen LogP contribution in [0.5, 0.6) is 0 Å². The van der Waals surface area contributed by atoms with Crippen molar-refractivity contribution in [1.82, 2.24) is 10.6 Å². The Morgan fingerprint density at radius 2 is 2.00 bits per heavy atom. The van der Waals surface area contributed by atoms with E-state index >= 15 is 0 Å². The molecule has 0 amide bonds. The Morgan fingerprint density at radius 3 is 2.58 bits per heavy atom. The summed E-state index contributed by atoms with van der Waals surface area (Å²) in [5.74, 6) is -1.69. The lowest BCUT2D eigenvalue weighted by atomic mass is 10.1. The van der Waals surface area contributed by atoms with Gasteiger partial charge in [0.1, 0.15) is 0 Å². The molecule has 19 heavy (non-hydrogen) atoms. The zero-order valence-corrected chi connectivity index (χ0v) is 12.2. The first-order valence-electron chi connectivity index (χ1n) is 6.18. The number of hydrogen-bond acceptors (Lipinski definition) is 1. The van der Waals surface area contributed by atoms with Crippen LogP contribution in [0.2, 0.25) is 0 Å². The van der Waals surface area contributed by atoms with Crippen molar-refractivity contribution in [3.05, 3.63) is 35.4 Å². The number of hydrogen-bond donors (Lipinski definition) is 3. The van der Waals surface area contributed by atoms with Crippen LogP contribution in [0.1, 0.15) is 18.5 Å².